The standard InChI is InChI=1S/C10H8BrClN2S/c11-7-4-5-15-8(7)6-13-10-3-1-2-9(12)14-10/h1-5H,6H2,(H,13,14). The summed E-state index contributed by atoms with van der Waals surface area (Å²) in [5, 5.41) is 5.77. The number of aromatic nitrogens is 1. The fourth-order valence-corrected chi connectivity index (χ4v) is 2.72. The molecule has 5 heteroatoms. The van der Waals surface area contributed by atoms with E-state index in [2.05, 4.69) is 26.2 Å². The van der Waals surface area contributed by atoms with Gasteiger partial charge in [-0.1, -0.05) is 17.7 Å². The third kappa shape index (κ3) is 2.93. The number of hydrogen-bond donors (Lipinski definition) is 1. The smallest absolute Gasteiger partial charge is 0.131 e. The summed E-state index contributed by atoms with van der Waals surface area (Å²) in [6, 6.07) is 7.56. The average Bonchev–Trinajstić information content (AvgIpc) is 2.61. The van der Waals surface area contributed by atoms with Gasteiger partial charge in [0.05, 0.1) is 6.54 Å². The van der Waals surface area contributed by atoms with Gasteiger partial charge in [0.2, 0.25) is 0 Å². The van der Waals surface area contributed by atoms with Crippen LogP contribution in [0.25, 0.3) is 0 Å². The minimum absolute atomic E-state index is 0.505. The third-order valence-corrected chi connectivity index (χ3v) is 3.97. The average molecular weight is 304 g/mol. The number of hydrogen-bond acceptors (Lipinski definition) is 3. The minimum atomic E-state index is 0.505. The molecule has 15 heavy (non-hydrogen) atoms. The quantitative estimate of drug-likeness (QED) is 0.861. The van der Waals surface area contributed by atoms with E-state index in [0.717, 1.165) is 16.8 Å². The molecule has 0 bridgehead atoms. The fraction of sp³-hybridized carbons (Fsp3) is 0.100. The summed E-state index contributed by atoms with van der Waals surface area (Å²) >= 11 is 11.0. The molecule has 1 N–H and O–H groups in total. The molecule has 2 aromatic rings. The second-order valence-corrected chi connectivity index (χ2v) is 5.13. The highest BCUT2D eigenvalue weighted by atomic mass is 79.9. The molecule has 0 aromatic carbocycles. The van der Waals surface area contributed by atoms with Crippen molar-refractivity contribution in [1.82, 2.24) is 4.98 Å². The Morgan fingerprint density at radius 1 is 1.40 bits per heavy atom. The number of nitrogens with zero attached hydrogens (tertiary/aromatic N) is 1. The van der Waals surface area contributed by atoms with Crippen LogP contribution in [0.1, 0.15) is 4.88 Å². The molecule has 0 saturated carbocycles. The lowest BCUT2D eigenvalue weighted by Gasteiger charge is -2.04. The Balaban J connectivity index is 2.02. The highest BCUT2D eigenvalue weighted by Gasteiger charge is 2.01. The molecule has 2 aromatic heterocycles. The molecule has 78 valence electrons. The van der Waals surface area contributed by atoms with E-state index in [4.69, 9.17) is 11.6 Å². The van der Waals surface area contributed by atoms with Crippen molar-refractivity contribution in [2.45, 2.75) is 6.54 Å². The van der Waals surface area contributed by atoms with E-state index in [9.17, 15) is 0 Å². The maximum absolute atomic E-state index is 5.78. The van der Waals surface area contributed by atoms with Gasteiger partial charge in [-0.3, -0.25) is 0 Å². The Labute approximate surface area is 105 Å². The molecule has 0 amide bonds. The van der Waals surface area contributed by atoms with Crippen LogP contribution in [0.15, 0.2) is 34.1 Å². The van der Waals surface area contributed by atoms with Gasteiger partial charge in [0.25, 0.3) is 0 Å². The maximum Gasteiger partial charge on any atom is 0.131 e. The van der Waals surface area contributed by atoms with E-state index < -0.39 is 0 Å². The zero-order chi connectivity index (χ0) is 10.7. The van der Waals surface area contributed by atoms with E-state index in [1.165, 1.54) is 4.88 Å². The van der Waals surface area contributed by atoms with Crippen molar-refractivity contribution in [3.8, 4) is 0 Å². The molecule has 0 aliphatic heterocycles. The first kappa shape index (κ1) is 10.9. The molecule has 0 radical (unpaired) electrons. The highest BCUT2D eigenvalue weighted by molar-refractivity contribution is 9.10. The molecule has 0 atom stereocenters. The van der Waals surface area contributed by atoms with Crippen LogP contribution < -0.4 is 5.32 Å². The van der Waals surface area contributed by atoms with Crippen molar-refractivity contribution >= 4 is 44.7 Å². The topological polar surface area (TPSA) is 24.9 Å². The lowest BCUT2D eigenvalue weighted by Crippen LogP contribution is -1.99. The van der Waals surface area contributed by atoms with Gasteiger partial charge in [-0.25, -0.2) is 4.98 Å². The second kappa shape index (κ2) is 4.96. The van der Waals surface area contributed by atoms with E-state index in [1.807, 2.05) is 23.6 Å². The SMILES string of the molecule is Clc1cccc(NCc2sccc2Br)n1. The second-order valence-electron chi connectivity index (χ2n) is 2.89. The van der Waals surface area contributed by atoms with E-state index in [0.29, 0.717) is 5.15 Å². The lowest BCUT2D eigenvalue weighted by molar-refractivity contribution is 1.13. The summed E-state index contributed by atoms with van der Waals surface area (Å²) in [5.74, 6) is 0.794. The molecule has 0 fully saturated rings. The van der Waals surface area contributed by atoms with Crippen LogP contribution in [0.4, 0.5) is 5.82 Å². The van der Waals surface area contributed by atoms with E-state index in [-0.39, 0.29) is 0 Å². The molecule has 0 saturated heterocycles. The van der Waals surface area contributed by atoms with E-state index in [1.54, 1.807) is 17.4 Å². The van der Waals surface area contributed by atoms with Crippen LogP contribution in [0.2, 0.25) is 5.15 Å². The Kier molecular flexibility index (Phi) is 3.61. The first-order valence-electron chi connectivity index (χ1n) is 4.34. The first-order chi connectivity index (χ1) is 7.25. The molecule has 0 aliphatic carbocycles. The summed E-state index contributed by atoms with van der Waals surface area (Å²) < 4.78 is 1.13. The van der Waals surface area contributed by atoms with Gasteiger partial charge in [0, 0.05) is 9.35 Å². The third-order valence-electron chi connectivity index (χ3n) is 1.84. The van der Waals surface area contributed by atoms with Gasteiger partial charge < -0.3 is 5.32 Å². The Bertz CT molecular complexity index is 458. The number of anilines is 1. The van der Waals surface area contributed by atoms with Gasteiger partial charge in [-0.05, 0) is 39.5 Å². The van der Waals surface area contributed by atoms with Crippen molar-refractivity contribution in [3.63, 3.8) is 0 Å². The monoisotopic (exact) mass is 302 g/mol. The minimum Gasteiger partial charge on any atom is -0.365 e. The van der Waals surface area contributed by atoms with Gasteiger partial charge in [0.15, 0.2) is 0 Å². The number of halogens is 2. The molecule has 2 nitrogen and oxygen atoms in total. The Morgan fingerprint density at radius 2 is 2.27 bits per heavy atom. The lowest BCUT2D eigenvalue weighted by atomic mass is 10.4. The van der Waals surface area contributed by atoms with Gasteiger partial charge >= 0.3 is 0 Å². The summed E-state index contributed by atoms with van der Waals surface area (Å²) in [6.07, 6.45) is 0. The molecule has 0 aliphatic rings. The molecular weight excluding hydrogens is 296 g/mol. The zero-order valence-electron chi connectivity index (χ0n) is 7.71. The maximum atomic E-state index is 5.78. The number of pyridine rings is 1. The van der Waals surface area contributed by atoms with Gasteiger partial charge in [-0.2, -0.15) is 0 Å². The largest absolute Gasteiger partial charge is 0.365 e. The summed E-state index contributed by atoms with van der Waals surface area (Å²) in [6.45, 7) is 0.756. The number of nitrogens with one attached hydrogen (secondary N) is 1. The van der Waals surface area contributed by atoms with Crippen molar-refractivity contribution in [2.75, 3.05) is 5.32 Å². The molecule has 0 spiro atoms. The summed E-state index contributed by atoms with van der Waals surface area (Å²) in [5.41, 5.74) is 0. The summed E-state index contributed by atoms with van der Waals surface area (Å²) in [7, 11) is 0. The number of rotatable bonds is 3. The van der Waals surface area contributed by atoms with Crippen LogP contribution in [-0.2, 0) is 6.54 Å². The predicted octanol–water partition coefficient (Wildman–Crippen LogP) is 4.17. The van der Waals surface area contributed by atoms with Crippen molar-refractivity contribution in [2.24, 2.45) is 0 Å². The van der Waals surface area contributed by atoms with Gasteiger partial charge in [-0.15, -0.1) is 11.3 Å². The van der Waals surface area contributed by atoms with Crippen LogP contribution in [-0.4, -0.2) is 4.98 Å². The highest BCUT2D eigenvalue weighted by Crippen LogP contribution is 2.23. The van der Waals surface area contributed by atoms with Crippen molar-refractivity contribution in [3.05, 3.63) is 44.1 Å². The van der Waals surface area contributed by atoms with Crippen LogP contribution in [0.5, 0.6) is 0 Å². The molecule has 2 heterocycles. The van der Waals surface area contributed by atoms with Crippen LogP contribution in [0, 0.1) is 0 Å². The fourth-order valence-electron chi connectivity index (χ4n) is 1.13. The van der Waals surface area contributed by atoms with Crippen molar-refractivity contribution in [1.29, 1.82) is 0 Å². The van der Waals surface area contributed by atoms with Crippen molar-refractivity contribution < 1.29 is 0 Å². The Hall–Kier alpha value is -0.580. The summed E-state index contributed by atoms with van der Waals surface area (Å²) in [4.78, 5) is 5.39. The number of thiophene rings is 1. The molecule has 2 rings (SSSR count). The molecular formula is C10H8BrClN2S. The van der Waals surface area contributed by atoms with E-state index >= 15 is 0 Å². The first-order valence-corrected chi connectivity index (χ1v) is 6.39. The molecule has 0 unspecified atom stereocenters. The predicted molar refractivity (Wildman–Crippen MR) is 68.6 cm³/mol. The normalized spacial score (nSPS) is 10.3. The van der Waals surface area contributed by atoms with Gasteiger partial charge in [0.1, 0.15) is 11.0 Å². The zero-order valence-corrected chi connectivity index (χ0v) is 10.9. The van der Waals surface area contributed by atoms with Crippen LogP contribution >= 0.6 is 38.9 Å². The van der Waals surface area contributed by atoms with Crippen LogP contribution in [0.3, 0.4) is 0 Å². The Morgan fingerprint density at radius 3 is 2.93 bits per heavy atom.